The molecule has 3 atom stereocenters. The summed E-state index contributed by atoms with van der Waals surface area (Å²) in [5.41, 5.74) is -4.50. The van der Waals surface area contributed by atoms with E-state index in [-0.39, 0.29) is 12.2 Å². The fourth-order valence-electron chi connectivity index (χ4n) is 2.06. The first kappa shape index (κ1) is 25.5. The van der Waals surface area contributed by atoms with Crippen LogP contribution in [-0.4, -0.2) is 32.1 Å². The van der Waals surface area contributed by atoms with Gasteiger partial charge in [0.2, 0.25) is 0 Å². The molecule has 164 valence electrons. The van der Waals surface area contributed by atoms with Crippen LogP contribution in [0.4, 0.5) is 22.0 Å². The Balaban J connectivity index is 3.60. The Morgan fingerprint density at radius 1 is 1.34 bits per heavy atom. The van der Waals surface area contributed by atoms with Gasteiger partial charge in [0.25, 0.3) is 17.2 Å². The quantitative estimate of drug-likeness (QED) is 0.351. The average molecular weight is 462 g/mol. The summed E-state index contributed by atoms with van der Waals surface area (Å²) in [6, 6.07) is 2.19. The van der Waals surface area contributed by atoms with Crippen LogP contribution in [0.15, 0.2) is 30.4 Å². The van der Waals surface area contributed by atoms with E-state index in [1.54, 1.807) is 0 Å². The number of alkyl halides is 3. The van der Waals surface area contributed by atoms with Crippen LogP contribution in [0.3, 0.4) is 0 Å². The van der Waals surface area contributed by atoms with E-state index in [0.29, 0.717) is 12.1 Å². The second kappa shape index (κ2) is 9.51. The van der Waals surface area contributed by atoms with Crippen LogP contribution in [-0.2, 0) is 37.1 Å². The molecule has 1 aromatic carbocycles. The van der Waals surface area contributed by atoms with Crippen molar-refractivity contribution in [2.75, 3.05) is 6.67 Å². The summed E-state index contributed by atoms with van der Waals surface area (Å²) in [7, 11) is 0. The number of carbonyl (C=O) groups excluding carboxylic acids is 1. The first-order chi connectivity index (χ1) is 13.2. The number of halogens is 5. The van der Waals surface area contributed by atoms with Gasteiger partial charge in [-0.25, -0.2) is 23.1 Å². The molecule has 0 saturated carbocycles. The van der Waals surface area contributed by atoms with Gasteiger partial charge >= 0.3 is 5.97 Å². The molecule has 0 bridgehead atoms. The average Bonchev–Trinajstić information content (AvgIpc) is 2.59. The zero-order valence-electron chi connectivity index (χ0n) is 15.5. The largest absolute Gasteiger partial charge is 0.598 e. The van der Waals surface area contributed by atoms with Gasteiger partial charge in [-0.2, -0.15) is 13.0 Å². The van der Waals surface area contributed by atoms with Crippen molar-refractivity contribution in [2.24, 2.45) is 5.14 Å². The summed E-state index contributed by atoms with van der Waals surface area (Å²) < 4.78 is 99.9. The topological polar surface area (TPSA) is 104 Å². The zero-order chi connectivity index (χ0) is 22.6. The first-order valence-electron chi connectivity index (χ1n) is 7.83. The van der Waals surface area contributed by atoms with E-state index in [1.165, 1.54) is 20.8 Å². The van der Waals surface area contributed by atoms with Crippen LogP contribution in [0.25, 0.3) is 0 Å². The van der Waals surface area contributed by atoms with Gasteiger partial charge in [-0.1, -0.05) is 12.1 Å². The van der Waals surface area contributed by atoms with E-state index in [1.807, 2.05) is 4.72 Å². The fraction of sp³-hybridized carbons (Fsp3) is 0.438. The normalized spacial score (nSPS) is 17.0. The molecule has 0 aliphatic rings. The number of rotatable bonds is 8. The molecule has 0 aliphatic carbocycles. The van der Waals surface area contributed by atoms with Gasteiger partial charge in [0, 0.05) is 23.0 Å². The summed E-state index contributed by atoms with van der Waals surface area (Å²) in [4.78, 5) is 11.3. The zero-order valence-corrected chi connectivity index (χ0v) is 17.1. The number of hydrogen-bond acceptors (Lipinski definition) is 5. The van der Waals surface area contributed by atoms with Gasteiger partial charge in [0.05, 0.1) is 0 Å². The first-order valence-corrected chi connectivity index (χ1v) is 10.1. The van der Waals surface area contributed by atoms with E-state index >= 15 is 8.78 Å². The second-order valence-electron chi connectivity index (χ2n) is 6.74. The Labute approximate surface area is 169 Å². The van der Waals surface area contributed by atoms with Crippen LogP contribution in [0.2, 0.25) is 0 Å². The van der Waals surface area contributed by atoms with E-state index in [9.17, 15) is 26.7 Å². The minimum atomic E-state index is -4.44. The number of benzene rings is 1. The lowest BCUT2D eigenvalue weighted by Crippen LogP contribution is -2.61. The van der Waals surface area contributed by atoms with Gasteiger partial charge in [-0.3, -0.25) is 0 Å². The third kappa shape index (κ3) is 5.98. The standard InChI is InChI=1S/C16H19F5N2O4S2/c1-14(2,3)28(25)23-15(9-17,10-5-4-6-11(18)13(10)19)16(20,21)8-7-12(24)27-29(22)26/h4-8,23H,9,22H2,1-3H3/t15-,28-,29-/m1/s1. The number of nitrogens with one attached hydrogen (secondary N) is 1. The summed E-state index contributed by atoms with van der Waals surface area (Å²) in [5.74, 6) is -9.33. The maximum Gasteiger partial charge on any atom is 0.345 e. The van der Waals surface area contributed by atoms with Crippen molar-refractivity contribution in [3.05, 3.63) is 47.5 Å². The highest BCUT2D eigenvalue weighted by Crippen LogP contribution is 2.42. The Hall–Kier alpha value is -1.54. The molecule has 0 spiro atoms. The van der Waals surface area contributed by atoms with Gasteiger partial charge < -0.3 is 8.74 Å². The molecule has 0 saturated heterocycles. The highest BCUT2D eigenvalue weighted by atomic mass is 32.2. The fourth-order valence-corrected chi connectivity index (χ4v) is 3.20. The molecule has 13 heteroatoms. The number of carbonyl (C=O) groups is 1. The molecular formula is C16H19F5N2O4S2. The van der Waals surface area contributed by atoms with Crippen LogP contribution in [0.5, 0.6) is 0 Å². The van der Waals surface area contributed by atoms with Gasteiger partial charge in [-0.15, -0.1) is 4.72 Å². The van der Waals surface area contributed by atoms with Crippen molar-refractivity contribution in [3.8, 4) is 0 Å². The summed E-state index contributed by atoms with van der Waals surface area (Å²) in [6.07, 6.45) is -0.0763. The Morgan fingerprint density at radius 2 is 1.93 bits per heavy atom. The Bertz CT molecular complexity index is 804. The Kier molecular flexibility index (Phi) is 8.36. The molecule has 0 fully saturated rings. The predicted octanol–water partition coefficient (Wildman–Crippen LogP) is 2.45. The highest BCUT2D eigenvalue weighted by Gasteiger charge is 2.59. The lowest BCUT2D eigenvalue weighted by molar-refractivity contribution is -0.128. The van der Waals surface area contributed by atoms with E-state index in [4.69, 9.17) is 0 Å². The third-order valence-electron chi connectivity index (χ3n) is 3.60. The molecule has 6 nitrogen and oxygen atoms in total. The van der Waals surface area contributed by atoms with Gasteiger partial charge in [0.1, 0.15) is 11.4 Å². The molecule has 0 heterocycles. The monoisotopic (exact) mass is 462 g/mol. The van der Waals surface area contributed by atoms with E-state index in [0.717, 1.165) is 6.07 Å². The number of nitrogens with two attached hydrogens (primary N) is 1. The molecule has 29 heavy (non-hydrogen) atoms. The maximum atomic E-state index is 15.1. The minimum Gasteiger partial charge on any atom is -0.598 e. The third-order valence-corrected chi connectivity index (χ3v) is 5.57. The molecule has 0 aliphatic heterocycles. The summed E-state index contributed by atoms with van der Waals surface area (Å²) in [6.45, 7) is 2.10. The highest BCUT2D eigenvalue weighted by molar-refractivity contribution is 7.90. The molecule has 0 radical (unpaired) electrons. The molecule has 0 unspecified atom stereocenters. The molecule has 1 rings (SSSR count). The maximum absolute atomic E-state index is 15.1. The summed E-state index contributed by atoms with van der Waals surface area (Å²) in [5, 5.41) is 4.69. The van der Waals surface area contributed by atoms with Crippen molar-refractivity contribution in [1.29, 1.82) is 0 Å². The van der Waals surface area contributed by atoms with Crippen LogP contribution < -0.4 is 9.86 Å². The number of hydrogen-bond donors (Lipinski definition) is 2. The van der Waals surface area contributed by atoms with Gasteiger partial charge in [0.15, 0.2) is 17.2 Å². The predicted molar refractivity (Wildman–Crippen MR) is 97.6 cm³/mol. The molecule has 0 amide bonds. The van der Waals surface area contributed by atoms with E-state index in [2.05, 4.69) is 9.32 Å². The van der Waals surface area contributed by atoms with Crippen LogP contribution >= 0.6 is 0 Å². The minimum absolute atomic E-state index is 0.0913. The van der Waals surface area contributed by atoms with Crippen molar-refractivity contribution in [3.63, 3.8) is 0 Å². The molecular weight excluding hydrogens is 443 g/mol. The smallest absolute Gasteiger partial charge is 0.345 e. The van der Waals surface area contributed by atoms with Crippen LogP contribution in [0.1, 0.15) is 26.3 Å². The van der Waals surface area contributed by atoms with Crippen molar-refractivity contribution in [1.82, 2.24) is 4.72 Å². The van der Waals surface area contributed by atoms with Gasteiger partial charge in [-0.05, 0) is 32.9 Å². The van der Waals surface area contributed by atoms with Crippen molar-refractivity contribution >= 4 is 28.6 Å². The van der Waals surface area contributed by atoms with E-state index < -0.39 is 68.7 Å². The molecule has 0 aromatic heterocycles. The molecule has 1 aromatic rings. The second-order valence-corrected chi connectivity index (χ2v) is 9.40. The lowest BCUT2D eigenvalue weighted by Gasteiger charge is -2.39. The van der Waals surface area contributed by atoms with Crippen molar-refractivity contribution in [2.45, 2.75) is 37.0 Å². The lowest BCUT2D eigenvalue weighted by atomic mass is 9.84. The summed E-state index contributed by atoms with van der Waals surface area (Å²) >= 11 is -4.97. The SMILES string of the molecule is CC(C)(C)[S@@+]([O-])N[C@](CF)(c1cccc(F)c1F)C(F)(F)C=CC(=O)O[S@](N)=O. The molecule has 3 N–H and O–H groups in total. The van der Waals surface area contributed by atoms with Crippen LogP contribution in [0, 0.1) is 11.6 Å². The Morgan fingerprint density at radius 3 is 2.41 bits per heavy atom. The van der Waals surface area contributed by atoms with Crippen molar-refractivity contribution < 1.29 is 39.7 Å².